The molecule has 1 aliphatic heterocycles. The molecule has 8 heteroatoms. The van der Waals surface area contributed by atoms with E-state index in [0.717, 1.165) is 28.2 Å². The second-order valence-corrected chi connectivity index (χ2v) is 6.86. The lowest BCUT2D eigenvalue weighted by Gasteiger charge is -2.23. The predicted molar refractivity (Wildman–Crippen MR) is 107 cm³/mol. The molecule has 0 fully saturated rings. The van der Waals surface area contributed by atoms with Crippen molar-refractivity contribution in [3.05, 3.63) is 88.7 Å². The van der Waals surface area contributed by atoms with Crippen molar-refractivity contribution in [1.29, 1.82) is 0 Å². The fourth-order valence-corrected chi connectivity index (χ4v) is 3.82. The third-order valence-electron chi connectivity index (χ3n) is 4.76. The van der Waals surface area contributed by atoms with Gasteiger partial charge in [-0.05, 0) is 41.1 Å². The molecule has 0 aliphatic carbocycles. The summed E-state index contributed by atoms with van der Waals surface area (Å²) in [5.74, 6) is 0.564. The summed E-state index contributed by atoms with van der Waals surface area (Å²) >= 11 is 6.79. The zero-order chi connectivity index (χ0) is 19.1. The minimum absolute atomic E-state index is 0.272. The topological polar surface area (TPSA) is 73.5 Å². The zero-order valence-corrected chi connectivity index (χ0v) is 15.7. The van der Waals surface area contributed by atoms with Gasteiger partial charge >= 0.3 is 0 Å². The van der Waals surface area contributed by atoms with Gasteiger partial charge in [0.1, 0.15) is 11.2 Å². The van der Waals surface area contributed by atoms with Crippen LogP contribution < -0.4 is 5.32 Å². The number of allylic oxidation sites excluding steroid dienone is 1. The van der Waals surface area contributed by atoms with E-state index in [4.69, 9.17) is 11.6 Å². The molecule has 0 radical (unpaired) electrons. The van der Waals surface area contributed by atoms with Crippen LogP contribution in [0.4, 0.5) is 5.95 Å². The molecule has 3 heterocycles. The number of hydrogen-bond donors (Lipinski definition) is 1. The van der Waals surface area contributed by atoms with Crippen LogP contribution in [0.3, 0.4) is 0 Å². The van der Waals surface area contributed by atoms with Gasteiger partial charge in [0.05, 0.1) is 11.4 Å². The highest BCUT2D eigenvalue weighted by atomic mass is 35.5. The molecular formula is C20H16ClN7. The van der Waals surface area contributed by atoms with Crippen LogP contribution in [0.15, 0.2) is 66.7 Å². The van der Waals surface area contributed by atoms with Crippen LogP contribution in [-0.2, 0) is 0 Å². The summed E-state index contributed by atoms with van der Waals surface area (Å²) < 4.78 is 3.46. The second-order valence-electron chi connectivity index (χ2n) is 6.50. The van der Waals surface area contributed by atoms with E-state index in [1.54, 1.807) is 9.36 Å². The molecule has 0 unspecified atom stereocenters. The van der Waals surface area contributed by atoms with Crippen molar-refractivity contribution < 1.29 is 0 Å². The first-order valence-corrected chi connectivity index (χ1v) is 9.23. The Morgan fingerprint density at radius 2 is 1.71 bits per heavy atom. The van der Waals surface area contributed by atoms with Crippen molar-refractivity contribution in [3.63, 3.8) is 0 Å². The van der Waals surface area contributed by atoms with Crippen molar-refractivity contribution >= 4 is 23.2 Å². The molecule has 0 spiro atoms. The van der Waals surface area contributed by atoms with E-state index in [1.807, 2.05) is 67.6 Å². The van der Waals surface area contributed by atoms with Crippen LogP contribution >= 0.6 is 11.6 Å². The number of nitrogens with zero attached hydrogens (tertiary/aromatic N) is 6. The number of tetrazole rings is 1. The second kappa shape index (κ2) is 6.61. The number of anilines is 1. The van der Waals surface area contributed by atoms with Gasteiger partial charge in [-0.25, -0.2) is 4.68 Å². The number of halogens is 1. The van der Waals surface area contributed by atoms with Gasteiger partial charge in [0, 0.05) is 11.3 Å². The van der Waals surface area contributed by atoms with Gasteiger partial charge in [0.2, 0.25) is 5.95 Å². The average molecular weight is 390 g/mol. The van der Waals surface area contributed by atoms with E-state index in [1.165, 1.54) is 0 Å². The van der Waals surface area contributed by atoms with Gasteiger partial charge in [-0.2, -0.15) is 9.78 Å². The standard InChI is InChI=1S/C20H16ClN7/c1-13-18(19(21)27(24-13)15-10-6-3-7-11-15)17-12-16(14-8-4-2-5-9-14)22-20-23-25-26-28(17)20/h2-12,17H,1H3,(H,22,23,26)/t17-/m0/s1. The van der Waals surface area contributed by atoms with Crippen molar-refractivity contribution in [2.75, 3.05) is 5.32 Å². The normalized spacial score (nSPS) is 15.6. The molecule has 0 bridgehead atoms. The van der Waals surface area contributed by atoms with Gasteiger partial charge in [-0.15, -0.1) is 0 Å². The van der Waals surface area contributed by atoms with E-state index >= 15 is 0 Å². The number of aryl methyl sites for hydroxylation is 1. The third-order valence-corrected chi connectivity index (χ3v) is 5.12. The maximum absolute atomic E-state index is 6.79. The Labute approximate surface area is 166 Å². The summed E-state index contributed by atoms with van der Waals surface area (Å²) in [5.41, 5.74) is 4.57. The highest BCUT2D eigenvalue weighted by Crippen LogP contribution is 2.37. The maximum Gasteiger partial charge on any atom is 0.248 e. The molecule has 1 atom stereocenters. The SMILES string of the molecule is Cc1nn(-c2ccccc2)c(Cl)c1[C@@H]1C=C(c2ccccc2)Nc2nnnn21. The first kappa shape index (κ1) is 16.7. The summed E-state index contributed by atoms with van der Waals surface area (Å²) in [5, 5.41) is 20.6. The van der Waals surface area contributed by atoms with Crippen LogP contribution in [0.5, 0.6) is 0 Å². The summed E-state index contributed by atoms with van der Waals surface area (Å²) in [4.78, 5) is 0. The van der Waals surface area contributed by atoms with E-state index in [2.05, 4.69) is 32.0 Å². The van der Waals surface area contributed by atoms with Crippen LogP contribution in [0.1, 0.15) is 22.9 Å². The summed E-state index contributed by atoms with van der Waals surface area (Å²) in [6.07, 6.45) is 2.07. The Bertz CT molecular complexity index is 1160. The van der Waals surface area contributed by atoms with Crippen molar-refractivity contribution in [3.8, 4) is 5.69 Å². The molecule has 1 aliphatic rings. The largest absolute Gasteiger partial charge is 0.323 e. The Kier molecular flexibility index (Phi) is 3.95. The molecule has 5 rings (SSSR count). The monoisotopic (exact) mass is 389 g/mol. The number of hydrogen-bond acceptors (Lipinski definition) is 5. The number of aromatic nitrogens is 6. The Morgan fingerprint density at radius 1 is 1.00 bits per heavy atom. The number of nitrogens with one attached hydrogen (secondary N) is 1. The molecular weight excluding hydrogens is 374 g/mol. The first-order valence-electron chi connectivity index (χ1n) is 8.85. The van der Waals surface area contributed by atoms with Gasteiger partial charge in [-0.3, -0.25) is 0 Å². The number of fused-ring (bicyclic) bond motifs is 1. The van der Waals surface area contributed by atoms with Crippen molar-refractivity contribution in [1.82, 2.24) is 30.0 Å². The van der Waals surface area contributed by atoms with Gasteiger partial charge in [-0.1, -0.05) is 65.2 Å². The quantitative estimate of drug-likeness (QED) is 0.575. The molecule has 1 N–H and O–H groups in total. The molecule has 28 heavy (non-hydrogen) atoms. The molecule has 7 nitrogen and oxygen atoms in total. The van der Waals surface area contributed by atoms with E-state index in [9.17, 15) is 0 Å². The Morgan fingerprint density at radius 3 is 2.46 bits per heavy atom. The molecule has 2 aromatic carbocycles. The molecule has 0 saturated heterocycles. The highest BCUT2D eigenvalue weighted by Gasteiger charge is 2.30. The lowest BCUT2D eigenvalue weighted by Crippen LogP contribution is -2.20. The Hall–Kier alpha value is -3.45. The lowest BCUT2D eigenvalue weighted by molar-refractivity contribution is 0.584. The summed E-state index contributed by atoms with van der Waals surface area (Å²) in [7, 11) is 0. The molecule has 138 valence electrons. The molecule has 4 aromatic rings. The maximum atomic E-state index is 6.79. The third kappa shape index (κ3) is 2.68. The van der Waals surface area contributed by atoms with Crippen LogP contribution in [-0.4, -0.2) is 30.0 Å². The Balaban J connectivity index is 1.66. The summed E-state index contributed by atoms with van der Waals surface area (Å²) in [6, 6.07) is 19.6. The predicted octanol–water partition coefficient (Wildman–Crippen LogP) is 3.88. The fourth-order valence-electron chi connectivity index (χ4n) is 3.43. The van der Waals surface area contributed by atoms with Crippen LogP contribution in [0, 0.1) is 6.92 Å². The van der Waals surface area contributed by atoms with Crippen molar-refractivity contribution in [2.24, 2.45) is 0 Å². The zero-order valence-electron chi connectivity index (χ0n) is 15.0. The van der Waals surface area contributed by atoms with Gasteiger partial charge < -0.3 is 5.32 Å². The lowest BCUT2D eigenvalue weighted by atomic mass is 10.0. The number of para-hydroxylation sites is 1. The molecule has 2 aromatic heterocycles. The molecule has 0 amide bonds. The van der Waals surface area contributed by atoms with Gasteiger partial charge in [0.15, 0.2) is 0 Å². The average Bonchev–Trinajstić information content (AvgIpc) is 3.33. The summed E-state index contributed by atoms with van der Waals surface area (Å²) in [6.45, 7) is 1.95. The fraction of sp³-hybridized carbons (Fsp3) is 0.100. The molecule has 0 saturated carbocycles. The van der Waals surface area contributed by atoms with E-state index in [0.29, 0.717) is 11.1 Å². The highest BCUT2D eigenvalue weighted by molar-refractivity contribution is 6.30. The van der Waals surface area contributed by atoms with Gasteiger partial charge in [0.25, 0.3) is 0 Å². The van der Waals surface area contributed by atoms with Crippen LogP contribution in [0.25, 0.3) is 11.4 Å². The smallest absolute Gasteiger partial charge is 0.248 e. The number of benzene rings is 2. The van der Waals surface area contributed by atoms with Crippen molar-refractivity contribution in [2.45, 2.75) is 13.0 Å². The van der Waals surface area contributed by atoms with E-state index in [-0.39, 0.29) is 6.04 Å². The minimum Gasteiger partial charge on any atom is -0.323 e. The van der Waals surface area contributed by atoms with Crippen LogP contribution in [0.2, 0.25) is 5.15 Å². The number of rotatable bonds is 3. The van der Waals surface area contributed by atoms with E-state index < -0.39 is 0 Å². The first-order chi connectivity index (χ1) is 13.7. The minimum atomic E-state index is -0.272.